The summed E-state index contributed by atoms with van der Waals surface area (Å²) in [5, 5.41) is 5.77. The average Bonchev–Trinajstić information content (AvgIpc) is 3.08. The lowest BCUT2D eigenvalue weighted by Crippen LogP contribution is -2.52. The standard InChI is InChI=1S/C23H26N4O3/c24-11-18(16-4-2-1-3-5-16)13-25-12-15-6-7-17-14-27(23(30)19(17)10-15)20-8-9-21(28)26-22(20)29/h1-7,10,18,20,25H,8-9,11-14,24H2,(H,26,28,29). The second-order valence-corrected chi connectivity index (χ2v) is 7.87. The number of benzene rings is 2. The van der Waals surface area contributed by atoms with Gasteiger partial charge in [-0.05, 0) is 29.2 Å². The van der Waals surface area contributed by atoms with E-state index >= 15 is 0 Å². The second-order valence-electron chi connectivity index (χ2n) is 7.87. The number of carbonyl (C=O) groups excluding carboxylic acids is 3. The lowest BCUT2D eigenvalue weighted by atomic mass is 9.99. The van der Waals surface area contributed by atoms with Crippen LogP contribution in [0, 0.1) is 0 Å². The van der Waals surface area contributed by atoms with E-state index in [0.29, 0.717) is 31.6 Å². The van der Waals surface area contributed by atoms with Crippen LogP contribution in [0.25, 0.3) is 0 Å². The number of nitrogens with zero attached hydrogens (tertiary/aromatic N) is 1. The van der Waals surface area contributed by atoms with Crippen LogP contribution < -0.4 is 16.4 Å². The molecule has 7 heteroatoms. The Morgan fingerprint density at radius 2 is 1.93 bits per heavy atom. The highest BCUT2D eigenvalue weighted by molar-refractivity contribution is 6.05. The van der Waals surface area contributed by atoms with Crippen molar-refractivity contribution in [1.29, 1.82) is 0 Å². The van der Waals surface area contributed by atoms with Crippen molar-refractivity contribution in [2.45, 2.75) is 37.9 Å². The normalized spacial score (nSPS) is 19.6. The molecule has 2 atom stereocenters. The van der Waals surface area contributed by atoms with E-state index in [0.717, 1.165) is 17.7 Å². The number of fused-ring (bicyclic) bond motifs is 1. The van der Waals surface area contributed by atoms with Crippen molar-refractivity contribution in [3.8, 4) is 0 Å². The number of carbonyl (C=O) groups is 3. The summed E-state index contributed by atoms with van der Waals surface area (Å²) in [6.45, 7) is 2.33. The van der Waals surface area contributed by atoms with Crippen LogP contribution in [0.1, 0.15) is 45.8 Å². The van der Waals surface area contributed by atoms with Crippen molar-refractivity contribution >= 4 is 17.7 Å². The van der Waals surface area contributed by atoms with Crippen molar-refractivity contribution in [1.82, 2.24) is 15.5 Å². The molecule has 2 aliphatic heterocycles. The predicted octanol–water partition coefficient (Wildman–Crippen LogP) is 1.28. The van der Waals surface area contributed by atoms with E-state index in [9.17, 15) is 14.4 Å². The van der Waals surface area contributed by atoms with Crippen molar-refractivity contribution in [2.75, 3.05) is 13.1 Å². The first-order chi connectivity index (χ1) is 14.6. The van der Waals surface area contributed by atoms with Gasteiger partial charge in [0.25, 0.3) is 5.91 Å². The first-order valence-corrected chi connectivity index (χ1v) is 10.3. The maximum atomic E-state index is 12.9. The molecular formula is C23H26N4O3. The van der Waals surface area contributed by atoms with Gasteiger partial charge < -0.3 is 16.0 Å². The number of hydrogen-bond donors (Lipinski definition) is 3. The zero-order valence-electron chi connectivity index (χ0n) is 16.8. The van der Waals surface area contributed by atoms with Crippen LogP contribution in [-0.4, -0.2) is 41.8 Å². The van der Waals surface area contributed by atoms with Crippen LogP contribution in [0.5, 0.6) is 0 Å². The first kappa shape index (κ1) is 20.3. The summed E-state index contributed by atoms with van der Waals surface area (Å²) in [6, 6.07) is 15.5. The molecule has 3 amide bonds. The predicted molar refractivity (Wildman–Crippen MR) is 112 cm³/mol. The van der Waals surface area contributed by atoms with Gasteiger partial charge in [-0.3, -0.25) is 19.7 Å². The minimum atomic E-state index is -0.583. The third kappa shape index (κ3) is 4.13. The van der Waals surface area contributed by atoms with E-state index in [2.05, 4.69) is 22.8 Å². The minimum absolute atomic E-state index is 0.148. The largest absolute Gasteiger partial charge is 0.330 e. The van der Waals surface area contributed by atoms with Crippen LogP contribution in [-0.2, 0) is 22.7 Å². The van der Waals surface area contributed by atoms with Gasteiger partial charge >= 0.3 is 0 Å². The van der Waals surface area contributed by atoms with E-state index < -0.39 is 6.04 Å². The summed E-state index contributed by atoms with van der Waals surface area (Å²) in [5.74, 6) is -0.584. The van der Waals surface area contributed by atoms with Crippen LogP contribution >= 0.6 is 0 Å². The summed E-state index contributed by atoms with van der Waals surface area (Å²) in [6.07, 6.45) is 0.633. The van der Waals surface area contributed by atoms with Crippen LogP contribution in [0.2, 0.25) is 0 Å². The molecule has 2 aromatic rings. The Labute approximate surface area is 175 Å². The second kappa shape index (κ2) is 8.77. The quantitative estimate of drug-likeness (QED) is 0.601. The zero-order chi connectivity index (χ0) is 21.1. The van der Waals surface area contributed by atoms with Crippen molar-refractivity contribution in [3.05, 3.63) is 70.8 Å². The smallest absolute Gasteiger partial charge is 0.255 e. The van der Waals surface area contributed by atoms with Gasteiger partial charge in [-0.15, -0.1) is 0 Å². The van der Waals surface area contributed by atoms with E-state index in [1.165, 1.54) is 5.56 Å². The van der Waals surface area contributed by atoms with Gasteiger partial charge in [0.15, 0.2) is 0 Å². The summed E-state index contributed by atoms with van der Waals surface area (Å²) in [5.41, 5.74) is 9.70. The lowest BCUT2D eigenvalue weighted by Gasteiger charge is -2.29. The molecule has 0 bridgehead atoms. The Hall–Kier alpha value is -3.03. The highest BCUT2D eigenvalue weighted by Gasteiger charge is 2.39. The Bertz CT molecular complexity index is 960. The van der Waals surface area contributed by atoms with Gasteiger partial charge in [0, 0.05) is 44.1 Å². The molecule has 4 rings (SSSR count). The Balaban J connectivity index is 1.38. The molecule has 0 radical (unpaired) electrons. The highest BCUT2D eigenvalue weighted by Crippen LogP contribution is 2.28. The first-order valence-electron chi connectivity index (χ1n) is 10.3. The molecule has 156 valence electrons. The molecule has 1 fully saturated rings. The molecule has 0 spiro atoms. The van der Waals surface area contributed by atoms with Gasteiger partial charge in [-0.25, -0.2) is 0 Å². The number of piperidine rings is 1. The van der Waals surface area contributed by atoms with Gasteiger partial charge in [0.2, 0.25) is 11.8 Å². The molecule has 2 aromatic carbocycles. The number of hydrogen-bond acceptors (Lipinski definition) is 5. The third-order valence-corrected chi connectivity index (χ3v) is 5.87. The lowest BCUT2D eigenvalue weighted by molar-refractivity contribution is -0.136. The fourth-order valence-electron chi connectivity index (χ4n) is 4.17. The summed E-state index contributed by atoms with van der Waals surface area (Å²) in [4.78, 5) is 38.0. The topological polar surface area (TPSA) is 105 Å². The molecule has 0 saturated carbocycles. The number of imide groups is 1. The number of nitrogens with one attached hydrogen (secondary N) is 2. The monoisotopic (exact) mass is 406 g/mol. The number of amides is 3. The third-order valence-electron chi connectivity index (χ3n) is 5.87. The molecule has 0 aliphatic carbocycles. The Morgan fingerprint density at radius 1 is 1.13 bits per heavy atom. The van der Waals surface area contributed by atoms with Crippen molar-refractivity contribution < 1.29 is 14.4 Å². The van der Waals surface area contributed by atoms with Crippen LogP contribution in [0.15, 0.2) is 48.5 Å². The maximum Gasteiger partial charge on any atom is 0.255 e. The molecule has 2 heterocycles. The van der Waals surface area contributed by atoms with Crippen molar-refractivity contribution in [2.24, 2.45) is 5.73 Å². The summed E-state index contributed by atoms with van der Waals surface area (Å²) >= 11 is 0. The number of nitrogens with two attached hydrogens (primary N) is 1. The number of rotatable bonds is 7. The highest BCUT2D eigenvalue weighted by atomic mass is 16.2. The molecule has 7 nitrogen and oxygen atoms in total. The summed E-state index contributed by atoms with van der Waals surface area (Å²) in [7, 11) is 0. The van der Waals surface area contributed by atoms with Crippen LogP contribution in [0.3, 0.4) is 0 Å². The van der Waals surface area contributed by atoms with E-state index in [1.54, 1.807) is 4.90 Å². The molecule has 0 aromatic heterocycles. The minimum Gasteiger partial charge on any atom is -0.330 e. The fourth-order valence-corrected chi connectivity index (χ4v) is 4.17. The Morgan fingerprint density at radius 3 is 2.67 bits per heavy atom. The van der Waals surface area contributed by atoms with E-state index in [-0.39, 0.29) is 30.1 Å². The zero-order valence-corrected chi connectivity index (χ0v) is 16.8. The van der Waals surface area contributed by atoms with Gasteiger partial charge in [0.1, 0.15) is 6.04 Å². The molecule has 30 heavy (non-hydrogen) atoms. The molecule has 1 saturated heterocycles. The molecule has 2 unspecified atom stereocenters. The fraction of sp³-hybridized carbons (Fsp3) is 0.348. The molecule has 4 N–H and O–H groups in total. The molecule has 2 aliphatic rings. The Kier molecular flexibility index (Phi) is 5.92. The summed E-state index contributed by atoms with van der Waals surface area (Å²) < 4.78 is 0. The maximum absolute atomic E-state index is 12.9. The van der Waals surface area contributed by atoms with E-state index in [4.69, 9.17) is 5.73 Å². The van der Waals surface area contributed by atoms with Crippen molar-refractivity contribution in [3.63, 3.8) is 0 Å². The van der Waals surface area contributed by atoms with E-state index in [1.807, 2.05) is 36.4 Å². The SMILES string of the molecule is NCC(CNCc1ccc2c(c1)C(=O)N(C1CCC(=O)NC1=O)C2)c1ccccc1. The van der Waals surface area contributed by atoms with Gasteiger partial charge in [-0.1, -0.05) is 42.5 Å². The molecular weight excluding hydrogens is 380 g/mol. The van der Waals surface area contributed by atoms with Gasteiger partial charge in [-0.2, -0.15) is 0 Å². The van der Waals surface area contributed by atoms with Crippen LogP contribution in [0.4, 0.5) is 0 Å². The van der Waals surface area contributed by atoms with Gasteiger partial charge in [0.05, 0.1) is 0 Å². The average molecular weight is 406 g/mol.